The standard InChI is InChI=1S/2Fe.2H4O7P2/c;;2*1-8(2,3)7-9(4,5)6/h;;2*(H2,1,2,3)(H2,4,5,6)/q2*+3;;/p-8. The molecule has 20 heteroatoms. The van der Waals surface area contributed by atoms with Crippen LogP contribution in [-0.2, 0) is 61.0 Å². The van der Waals surface area contributed by atoms with Crippen molar-refractivity contribution < 1.29 is 100 Å². The summed E-state index contributed by atoms with van der Waals surface area (Å²) in [6.45, 7) is 0. The van der Waals surface area contributed by atoms with E-state index in [9.17, 15) is 57.4 Å². The zero-order valence-electron chi connectivity index (χ0n) is 8.21. The first-order valence-corrected chi connectivity index (χ1v) is 8.76. The van der Waals surface area contributed by atoms with Gasteiger partial charge in [0, 0.05) is 0 Å². The zero-order chi connectivity index (χ0) is 15.4. The van der Waals surface area contributed by atoms with Crippen molar-refractivity contribution in [2.45, 2.75) is 0 Å². The zero-order valence-corrected chi connectivity index (χ0v) is 14.0. The van der Waals surface area contributed by atoms with Crippen molar-refractivity contribution in [3.8, 4) is 0 Å². The molecule has 0 unspecified atom stereocenters. The molecule has 0 bridgehead atoms. The van der Waals surface area contributed by atoms with E-state index in [-0.39, 0.29) is 34.1 Å². The maximum absolute atomic E-state index is 9.32. The van der Waals surface area contributed by atoms with Crippen molar-refractivity contribution in [1.82, 2.24) is 0 Å². The topological polar surface area (TPSA) is 271 Å². The van der Waals surface area contributed by atoms with E-state index in [1.807, 2.05) is 0 Å². The van der Waals surface area contributed by atoms with Gasteiger partial charge in [0.1, 0.15) is 0 Å². The van der Waals surface area contributed by atoms with Gasteiger partial charge in [0.2, 0.25) is 0 Å². The molecule has 122 valence electrons. The van der Waals surface area contributed by atoms with Gasteiger partial charge in [0.05, 0.1) is 31.3 Å². The minimum Gasteiger partial charge on any atom is -0.790 e. The van der Waals surface area contributed by atoms with Gasteiger partial charge in [-0.15, -0.1) is 0 Å². The average Bonchev–Trinajstić information content (AvgIpc) is 1.64. The summed E-state index contributed by atoms with van der Waals surface area (Å²) in [5, 5.41) is 0. The third-order valence-corrected chi connectivity index (χ3v) is 3.60. The molecule has 0 rings (SSSR count). The summed E-state index contributed by atoms with van der Waals surface area (Å²) in [5.41, 5.74) is 0. The Kier molecular flexibility index (Phi) is 15.3. The van der Waals surface area contributed by atoms with Crippen LogP contribution in [0.5, 0.6) is 0 Å². The Bertz CT molecular complexity index is 346. The Balaban J connectivity index is -0.000000116. The van der Waals surface area contributed by atoms with Crippen LogP contribution in [0, 0.1) is 0 Å². The molecule has 0 aromatic rings. The van der Waals surface area contributed by atoms with Gasteiger partial charge in [0.15, 0.2) is 0 Å². The number of phosphoric acid groups is 4. The van der Waals surface area contributed by atoms with Crippen LogP contribution >= 0.6 is 31.3 Å². The second kappa shape index (κ2) is 10.4. The molecule has 14 nitrogen and oxygen atoms in total. The second-order valence-electron chi connectivity index (χ2n) is 1.95. The summed E-state index contributed by atoms with van der Waals surface area (Å²) in [5.74, 6) is 0. The Morgan fingerprint density at radius 1 is 0.450 bits per heavy atom. The van der Waals surface area contributed by atoms with Crippen LogP contribution in [0.15, 0.2) is 0 Å². The quantitative estimate of drug-likeness (QED) is 0.279. The van der Waals surface area contributed by atoms with E-state index in [4.69, 9.17) is 0 Å². The average molecular weight is 460 g/mol. The number of rotatable bonds is 4. The van der Waals surface area contributed by atoms with Gasteiger partial charge in [-0.05, 0) is 0 Å². The first-order valence-electron chi connectivity index (χ1n) is 2.92. The molecule has 0 aromatic heterocycles. The maximum atomic E-state index is 9.32. The van der Waals surface area contributed by atoms with Gasteiger partial charge < -0.3 is 66.0 Å². The van der Waals surface area contributed by atoms with Gasteiger partial charge >= 0.3 is 34.1 Å². The van der Waals surface area contributed by atoms with Crippen LogP contribution in [0.3, 0.4) is 0 Å². The van der Waals surface area contributed by atoms with E-state index < -0.39 is 31.3 Å². The predicted octanol–water partition coefficient (Wildman–Crippen LogP) is -6.68. The molecule has 0 fully saturated rings. The summed E-state index contributed by atoms with van der Waals surface area (Å²) >= 11 is 0. The SMILES string of the molecule is O=P([O-])([O-])OP(=O)([O-])[O-].O=P([O-])([O-])OP(=O)([O-])[O-].[Fe+3].[Fe+3]. The minimum atomic E-state index is -5.68. The summed E-state index contributed by atoms with van der Waals surface area (Å²) in [4.78, 5) is 74.6. The van der Waals surface area contributed by atoms with Crippen LogP contribution in [0.4, 0.5) is 0 Å². The summed E-state index contributed by atoms with van der Waals surface area (Å²) < 4.78 is 42.3. The van der Waals surface area contributed by atoms with E-state index in [1.165, 1.54) is 0 Å². The van der Waals surface area contributed by atoms with Crippen molar-refractivity contribution in [3.63, 3.8) is 0 Å². The largest absolute Gasteiger partial charge is 3.00 e. The molecule has 0 saturated heterocycles. The van der Waals surface area contributed by atoms with Crippen molar-refractivity contribution in [1.29, 1.82) is 0 Å². The Morgan fingerprint density at radius 2 is 0.550 bits per heavy atom. The van der Waals surface area contributed by atoms with Crippen molar-refractivity contribution >= 4 is 31.3 Å². The molecule has 0 aromatic carbocycles. The fourth-order valence-corrected chi connectivity index (χ4v) is 2.20. The van der Waals surface area contributed by atoms with E-state index in [1.54, 1.807) is 0 Å². The molecule has 0 N–H and O–H groups in total. The first kappa shape index (κ1) is 29.6. The number of hydrogen-bond donors (Lipinski definition) is 0. The fraction of sp³-hybridized carbons (Fsp3) is 0. The van der Waals surface area contributed by atoms with Gasteiger partial charge in [-0.25, -0.2) is 0 Å². The summed E-state index contributed by atoms with van der Waals surface area (Å²) in [6.07, 6.45) is 0. The molecule has 0 amide bonds. The van der Waals surface area contributed by atoms with Crippen LogP contribution in [-0.4, -0.2) is 0 Å². The molecule has 0 heterocycles. The van der Waals surface area contributed by atoms with Gasteiger partial charge in [-0.1, -0.05) is 0 Å². The van der Waals surface area contributed by atoms with E-state index in [2.05, 4.69) is 8.62 Å². The second-order valence-corrected chi connectivity index (χ2v) is 6.84. The summed E-state index contributed by atoms with van der Waals surface area (Å²) in [7, 11) is -22.7. The van der Waals surface area contributed by atoms with Gasteiger partial charge in [-0.3, -0.25) is 0 Å². The molecule has 0 atom stereocenters. The van der Waals surface area contributed by atoms with E-state index >= 15 is 0 Å². The smallest absolute Gasteiger partial charge is 0.790 e. The molecule has 20 heavy (non-hydrogen) atoms. The molecule has 0 spiro atoms. The maximum Gasteiger partial charge on any atom is 3.00 e. The van der Waals surface area contributed by atoms with Crippen molar-refractivity contribution in [2.24, 2.45) is 0 Å². The summed E-state index contributed by atoms with van der Waals surface area (Å²) in [6, 6.07) is 0. The molecular formula is Fe2O14P4-2. The first-order chi connectivity index (χ1) is 7.41. The van der Waals surface area contributed by atoms with E-state index in [0.717, 1.165) is 0 Å². The normalized spacial score (nSPS) is 12.4. The third kappa shape index (κ3) is 36.6. The fourth-order valence-electron chi connectivity index (χ4n) is 0.245. The minimum absolute atomic E-state index is 0. The molecule has 0 aliphatic heterocycles. The van der Waals surface area contributed by atoms with Crippen LogP contribution in [0.2, 0.25) is 0 Å². The monoisotopic (exact) mass is 460 g/mol. The van der Waals surface area contributed by atoms with Crippen molar-refractivity contribution in [3.05, 3.63) is 0 Å². The van der Waals surface area contributed by atoms with Gasteiger partial charge in [0.25, 0.3) is 0 Å². The Hall–Kier alpha value is 1.56. The molecule has 0 aliphatic carbocycles. The predicted molar refractivity (Wildman–Crippen MR) is 32.6 cm³/mol. The number of hydrogen-bond acceptors (Lipinski definition) is 14. The molecule has 2 radical (unpaired) electrons. The molecular weight excluding hydrogens is 460 g/mol. The molecule has 0 aliphatic rings. The van der Waals surface area contributed by atoms with Crippen LogP contribution in [0.25, 0.3) is 0 Å². The van der Waals surface area contributed by atoms with Crippen LogP contribution < -0.4 is 39.1 Å². The Morgan fingerprint density at radius 3 is 0.550 bits per heavy atom. The van der Waals surface area contributed by atoms with Crippen molar-refractivity contribution in [2.75, 3.05) is 0 Å². The Labute approximate surface area is 131 Å². The van der Waals surface area contributed by atoms with E-state index in [0.29, 0.717) is 0 Å². The van der Waals surface area contributed by atoms with Gasteiger partial charge in [-0.2, -0.15) is 0 Å². The molecule has 0 saturated carbocycles. The van der Waals surface area contributed by atoms with Crippen LogP contribution in [0.1, 0.15) is 0 Å². The third-order valence-electron chi connectivity index (χ3n) is 0.400.